The molecule has 0 spiro atoms. The molecule has 1 aromatic rings. The van der Waals surface area contributed by atoms with Gasteiger partial charge in [0.15, 0.2) is 0 Å². The van der Waals surface area contributed by atoms with Crippen LogP contribution in [0, 0.1) is 13.8 Å². The van der Waals surface area contributed by atoms with Crippen LogP contribution in [0.4, 0.5) is 0 Å². The molecule has 1 aromatic heterocycles. The van der Waals surface area contributed by atoms with Gasteiger partial charge in [-0.25, -0.2) is 0 Å². The summed E-state index contributed by atoms with van der Waals surface area (Å²) >= 11 is 0. The van der Waals surface area contributed by atoms with E-state index in [1.54, 1.807) is 0 Å². The van der Waals surface area contributed by atoms with E-state index in [-0.39, 0.29) is 0 Å². The van der Waals surface area contributed by atoms with Crippen molar-refractivity contribution >= 4 is 5.57 Å². The predicted octanol–water partition coefficient (Wildman–Crippen LogP) is 3.29. The van der Waals surface area contributed by atoms with Crippen molar-refractivity contribution in [3.05, 3.63) is 47.8 Å². The van der Waals surface area contributed by atoms with Gasteiger partial charge in [0.1, 0.15) is 0 Å². The third-order valence-electron chi connectivity index (χ3n) is 1.82. The van der Waals surface area contributed by atoms with Gasteiger partial charge in [0.2, 0.25) is 0 Å². The Morgan fingerprint density at radius 2 is 1.85 bits per heavy atom. The highest BCUT2D eigenvalue weighted by molar-refractivity contribution is 5.72. The molecule has 0 aliphatic rings. The summed E-state index contributed by atoms with van der Waals surface area (Å²) in [6, 6.07) is 4.10. The van der Waals surface area contributed by atoms with Crippen LogP contribution in [0.5, 0.6) is 0 Å². The van der Waals surface area contributed by atoms with Crippen molar-refractivity contribution in [3.63, 3.8) is 0 Å². The van der Waals surface area contributed by atoms with E-state index in [0.29, 0.717) is 0 Å². The zero-order valence-electron chi connectivity index (χ0n) is 8.46. The van der Waals surface area contributed by atoms with E-state index < -0.39 is 0 Å². The van der Waals surface area contributed by atoms with E-state index in [1.807, 2.05) is 32.9 Å². The zero-order chi connectivity index (χ0) is 9.84. The summed E-state index contributed by atoms with van der Waals surface area (Å²) in [5.74, 6) is 0. The minimum absolute atomic E-state index is 1.04. The first kappa shape index (κ1) is 9.72. The molecule has 1 heteroatoms. The molecule has 0 aromatic carbocycles. The van der Waals surface area contributed by atoms with E-state index in [0.717, 1.165) is 22.5 Å². The second kappa shape index (κ2) is 4.04. The van der Waals surface area contributed by atoms with Crippen molar-refractivity contribution in [1.82, 2.24) is 4.98 Å². The highest BCUT2D eigenvalue weighted by atomic mass is 14.7. The molecule has 1 rings (SSSR count). The molecule has 0 bridgehead atoms. The van der Waals surface area contributed by atoms with Gasteiger partial charge < -0.3 is 0 Å². The molecule has 0 saturated heterocycles. The second-order valence-corrected chi connectivity index (χ2v) is 3.16. The Bertz CT molecular complexity index is 328. The Balaban J connectivity index is 3.08. The van der Waals surface area contributed by atoms with Crippen LogP contribution in [0.15, 0.2) is 30.9 Å². The fourth-order valence-corrected chi connectivity index (χ4v) is 1.32. The summed E-state index contributed by atoms with van der Waals surface area (Å²) in [7, 11) is 0. The standard InChI is InChI=1S/C12H15N/c1-5-6-9(2)12-7-10(3)13-11(4)8-12/h5-8H,2H2,1,3-4H3/b6-5-. The molecule has 0 atom stereocenters. The molecule has 0 saturated carbocycles. The quantitative estimate of drug-likeness (QED) is 0.625. The lowest BCUT2D eigenvalue weighted by Gasteiger charge is -2.03. The molecule has 0 fully saturated rings. The first-order chi connectivity index (χ1) is 6.13. The van der Waals surface area contributed by atoms with Crippen LogP contribution >= 0.6 is 0 Å². The molecular weight excluding hydrogens is 158 g/mol. The summed E-state index contributed by atoms with van der Waals surface area (Å²) in [6.07, 6.45) is 4.00. The van der Waals surface area contributed by atoms with Crippen molar-refractivity contribution in [2.24, 2.45) is 0 Å². The van der Waals surface area contributed by atoms with Gasteiger partial charge in [-0.15, -0.1) is 0 Å². The molecule has 1 nitrogen and oxygen atoms in total. The minimum atomic E-state index is 1.04. The number of allylic oxidation sites excluding steroid dienone is 3. The maximum Gasteiger partial charge on any atom is 0.0382 e. The Labute approximate surface area is 79.8 Å². The number of rotatable bonds is 2. The highest BCUT2D eigenvalue weighted by Gasteiger charge is 1.97. The lowest BCUT2D eigenvalue weighted by molar-refractivity contribution is 1.12. The van der Waals surface area contributed by atoms with Gasteiger partial charge in [-0.2, -0.15) is 0 Å². The van der Waals surface area contributed by atoms with Crippen LogP contribution in [0.3, 0.4) is 0 Å². The Morgan fingerprint density at radius 1 is 1.31 bits per heavy atom. The van der Waals surface area contributed by atoms with E-state index in [4.69, 9.17) is 0 Å². The summed E-state index contributed by atoms with van der Waals surface area (Å²) in [6.45, 7) is 9.97. The zero-order valence-corrected chi connectivity index (χ0v) is 8.46. The molecule has 0 aliphatic heterocycles. The minimum Gasteiger partial charge on any atom is -0.258 e. The van der Waals surface area contributed by atoms with Crippen molar-refractivity contribution in [2.75, 3.05) is 0 Å². The number of hydrogen-bond donors (Lipinski definition) is 0. The first-order valence-corrected chi connectivity index (χ1v) is 4.40. The molecule has 0 radical (unpaired) electrons. The SMILES string of the molecule is C=C(/C=C\C)c1cc(C)nc(C)c1. The van der Waals surface area contributed by atoms with Gasteiger partial charge in [0, 0.05) is 11.4 Å². The van der Waals surface area contributed by atoms with Crippen LogP contribution in [-0.2, 0) is 0 Å². The smallest absolute Gasteiger partial charge is 0.0382 e. The Kier molecular flexibility index (Phi) is 3.02. The average molecular weight is 173 g/mol. The third-order valence-corrected chi connectivity index (χ3v) is 1.82. The lowest BCUT2D eigenvalue weighted by atomic mass is 10.1. The van der Waals surface area contributed by atoms with Crippen LogP contribution < -0.4 is 0 Å². The lowest BCUT2D eigenvalue weighted by Crippen LogP contribution is -1.89. The van der Waals surface area contributed by atoms with Gasteiger partial charge in [-0.3, -0.25) is 4.98 Å². The Morgan fingerprint density at radius 3 is 2.31 bits per heavy atom. The largest absolute Gasteiger partial charge is 0.258 e. The van der Waals surface area contributed by atoms with E-state index >= 15 is 0 Å². The van der Waals surface area contributed by atoms with Crippen LogP contribution in [-0.4, -0.2) is 4.98 Å². The Hall–Kier alpha value is -1.37. The number of hydrogen-bond acceptors (Lipinski definition) is 1. The third kappa shape index (κ3) is 2.55. The maximum absolute atomic E-state index is 4.31. The highest BCUT2D eigenvalue weighted by Crippen LogP contribution is 2.15. The maximum atomic E-state index is 4.31. The van der Waals surface area contributed by atoms with Gasteiger partial charge >= 0.3 is 0 Å². The molecule has 0 amide bonds. The second-order valence-electron chi connectivity index (χ2n) is 3.16. The van der Waals surface area contributed by atoms with Crippen molar-refractivity contribution in [1.29, 1.82) is 0 Å². The van der Waals surface area contributed by atoms with Crippen LogP contribution in [0.25, 0.3) is 5.57 Å². The topological polar surface area (TPSA) is 12.9 Å². The molecule has 68 valence electrons. The molecule has 1 heterocycles. The van der Waals surface area contributed by atoms with Crippen molar-refractivity contribution in [2.45, 2.75) is 20.8 Å². The van der Waals surface area contributed by atoms with Crippen molar-refractivity contribution in [3.8, 4) is 0 Å². The number of nitrogens with zero attached hydrogens (tertiary/aromatic N) is 1. The molecule has 13 heavy (non-hydrogen) atoms. The summed E-state index contributed by atoms with van der Waals surface area (Å²) in [5.41, 5.74) is 4.28. The predicted molar refractivity (Wildman–Crippen MR) is 57.6 cm³/mol. The summed E-state index contributed by atoms with van der Waals surface area (Å²) in [4.78, 5) is 4.31. The van der Waals surface area contributed by atoms with E-state index in [2.05, 4.69) is 23.7 Å². The fourth-order valence-electron chi connectivity index (χ4n) is 1.32. The van der Waals surface area contributed by atoms with Gasteiger partial charge in [-0.05, 0) is 44.0 Å². The fraction of sp³-hybridized carbons (Fsp3) is 0.250. The van der Waals surface area contributed by atoms with Gasteiger partial charge in [0.05, 0.1) is 0 Å². The molecule has 0 N–H and O–H groups in total. The average Bonchev–Trinajstić information content (AvgIpc) is 2.03. The monoisotopic (exact) mass is 173 g/mol. The summed E-state index contributed by atoms with van der Waals surface area (Å²) in [5, 5.41) is 0. The van der Waals surface area contributed by atoms with Crippen molar-refractivity contribution < 1.29 is 0 Å². The number of aryl methyl sites for hydroxylation is 2. The van der Waals surface area contributed by atoms with E-state index in [1.165, 1.54) is 0 Å². The van der Waals surface area contributed by atoms with Gasteiger partial charge in [-0.1, -0.05) is 18.7 Å². The number of aromatic nitrogens is 1. The molecule has 0 aliphatic carbocycles. The van der Waals surface area contributed by atoms with E-state index in [9.17, 15) is 0 Å². The van der Waals surface area contributed by atoms with Crippen LogP contribution in [0.1, 0.15) is 23.9 Å². The van der Waals surface area contributed by atoms with Gasteiger partial charge in [0.25, 0.3) is 0 Å². The first-order valence-electron chi connectivity index (χ1n) is 4.40. The van der Waals surface area contributed by atoms with Crippen LogP contribution in [0.2, 0.25) is 0 Å². The normalized spacial score (nSPS) is 10.7. The number of pyridine rings is 1. The molecular formula is C12H15N. The molecule has 0 unspecified atom stereocenters. The summed E-state index contributed by atoms with van der Waals surface area (Å²) < 4.78 is 0.